The molecule has 0 spiro atoms. The van der Waals surface area contributed by atoms with Gasteiger partial charge in [0.15, 0.2) is 11.3 Å². The zero-order valence-corrected chi connectivity index (χ0v) is 14.8. The lowest BCUT2D eigenvalue weighted by atomic mass is 10.2. The Balaban J connectivity index is 1.91. The quantitative estimate of drug-likeness (QED) is 0.642. The Kier molecular flexibility index (Phi) is 5.87. The maximum atomic E-state index is 13.7. The smallest absolute Gasteiger partial charge is 0.283 e. The van der Waals surface area contributed by atoms with E-state index in [2.05, 4.69) is 15.3 Å². The second-order valence-electron chi connectivity index (χ2n) is 5.88. The van der Waals surface area contributed by atoms with Crippen LogP contribution in [0.4, 0.5) is 4.39 Å². The van der Waals surface area contributed by atoms with Crippen molar-refractivity contribution in [3.05, 3.63) is 70.0 Å². The molecule has 1 aromatic carbocycles. The van der Waals surface area contributed by atoms with Crippen molar-refractivity contribution >= 4 is 17.1 Å². The lowest BCUT2D eigenvalue weighted by Gasteiger charge is -2.11. The number of fused-ring (bicyclic) bond motifs is 1. The van der Waals surface area contributed by atoms with E-state index in [-0.39, 0.29) is 12.2 Å². The molecule has 0 unspecified atom stereocenters. The number of aromatic nitrogens is 3. The number of ether oxygens (including phenoxy) is 1. The number of methoxy groups -OCH3 is 1. The third kappa shape index (κ3) is 4.17. The zero-order chi connectivity index (χ0) is 19.2. The van der Waals surface area contributed by atoms with Gasteiger partial charge in [0, 0.05) is 38.6 Å². The Morgan fingerprint density at radius 3 is 2.85 bits per heavy atom. The van der Waals surface area contributed by atoms with E-state index in [1.54, 1.807) is 43.6 Å². The number of aryl methyl sites for hydroxylation is 1. The lowest BCUT2D eigenvalue weighted by molar-refractivity contribution is 0.0943. The Labute approximate surface area is 154 Å². The normalized spacial score (nSPS) is 10.9. The summed E-state index contributed by atoms with van der Waals surface area (Å²) < 4.78 is 20.2. The molecule has 0 saturated heterocycles. The van der Waals surface area contributed by atoms with Gasteiger partial charge >= 0.3 is 0 Å². The van der Waals surface area contributed by atoms with E-state index < -0.39 is 17.3 Å². The summed E-state index contributed by atoms with van der Waals surface area (Å²) in [4.78, 5) is 33.7. The fraction of sp³-hybridized carbons (Fsp3) is 0.263. The fourth-order valence-electron chi connectivity index (χ4n) is 2.70. The van der Waals surface area contributed by atoms with Crippen molar-refractivity contribution in [3.63, 3.8) is 0 Å². The predicted molar refractivity (Wildman–Crippen MR) is 97.9 cm³/mol. The number of carbonyl (C=O) groups excluding carboxylic acids is 1. The van der Waals surface area contributed by atoms with Gasteiger partial charge in [-0.25, -0.2) is 14.4 Å². The van der Waals surface area contributed by atoms with Crippen molar-refractivity contribution in [3.8, 4) is 0 Å². The van der Waals surface area contributed by atoms with Gasteiger partial charge in [-0.1, -0.05) is 18.2 Å². The van der Waals surface area contributed by atoms with E-state index in [1.807, 2.05) is 0 Å². The summed E-state index contributed by atoms with van der Waals surface area (Å²) in [7, 11) is 1.58. The summed E-state index contributed by atoms with van der Waals surface area (Å²) in [5, 5.41) is 2.56. The van der Waals surface area contributed by atoms with Gasteiger partial charge in [-0.15, -0.1) is 0 Å². The van der Waals surface area contributed by atoms with Crippen LogP contribution >= 0.6 is 0 Å². The van der Waals surface area contributed by atoms with E-state index in [4.69, 9.17) is 4.74 Å². The summed E-state index contributed by atoms with van der Waals surface area (Å²) in [6, 6.07) is 9.48. The number of benzene rings is 1. The molecule has 2 aromatic heterocycles. The number of amides is 1. The average molecular weight is 370 g/mol. The van der Waals surface area contributed by atoms with Crippen LogP contribution in [0.3, 0.4) is 0 Å². The van der Waals surface area contributed by atoms with Crippen molar-refractivity contribution < 1.29 is 13.9 Å². The summed E-state index contributed by atoms with van der Waals surface area (Å²) >= 11 is 0. The minimum atomic E-state index is -0.658. The molecule has 0 fully saturated rings. The van der Waals surface area contributed by atoms with Crippen molar-refractivity contribution in [1.29, 1.82) is 0 Å². The molecule has 0 radical (unpaired) electrons. The van der Waals surface area contributed by atoms with Crippen LogP contribution in [0.1, 0.15) is 22.5 Å². The molecule has 0 aliphatic heterocycles. The van der Waals surface area contributed by atoms with Crippen molar-refractivity contribution in [2.75, 3.05) is 13.7 Å². The molecule has 0 aliphatic carbocycles. The van der Waals surface area contributed by atoms with Gasteiger partial charge < -0.3 is 10.1 Å². The van der Waals surface area contributed by atoms with E-state index in [1.165, 1.54) is 10.6 Å². The molecule has 7 nitrogen and oxygen atoms in total. The molecule has 0 saturated carbocycles. The fourth-order valence-corrected chi connectivity index (χ4v) is 2.70. The Morgan fingerprint density at radius 1 is 1.26 bits per heavy atom. The molecule has 2 heterocycles. The highest BCUT2D eigenvalue weighted by molar-refractivity contribution is 5.93. The standard InChI is InChI=1S/C19H19FN4O3/c1-27-11-5-10-24-17-15(8-4-9-21-17)23-16(19(24)26)18(25)22-12-13-6-2-3-7-14(13)20/h2-4,6-9H,5,10-12H2,1H3,(H,22,25). The maximum absolute atomic E-state index is 13.7. The molecule has 3 aromatic rings. The Morgan fingerprint density at radius 2 is 2.07 bits per heavy atom. The highest BCUT2D eigenvalue weighted by Gasteiger charge is 2.18. The molecule has 8 heteroatoms. The number of nitrogens with one attached hydrogen (secondary N) is 1. The van der Waals surface area contributed by atoms with Crippen LogP contribution in [0.5, 0.6) is 0 Å². The van der Waals surface area contributed by atoms with Crippen LogP contribution < -0.4 is 10.9 Å². The second kappa shape index (κ2) is 8.50. The summed E-state index contributed by atoms with van der Waals surface area (Å²) in [6.45, 7) is 0.773. The predicted octanol–water partition coefficient (Wildman–Crippen LogP) is 1.90. The van der Waals surface area contributed by atoms with Crippen molar-refractivity contribution in [2.45, 2.75) is 19.5 Å². The van der Waals surface area contributed by atoms with Crippen LogP contribution in [0, 0.1) is 5.82 Å². The van der Waals surface area contributed by atoms with E-state index in [0.29, 0.717) is 36.3 Å². The van der Waals surface area contributed by atoms with Gasteiger partial charge in [0.1, 0.15) is 11.3 Å². The van der Waals surface area contributed by atoms with Gasteiger partial charge in [-0.3, -0.25) is 14.2 Å². The molecule has 0 bridgehead atoms. The van der Waals surface area contributed by atoms with Crippen molar-refractivity contribution in [1.82, 2.24) is 19.9 Å². The Hall–Kier alpha value is -3.13. The Bertz CT molecular complexity index is 1020. The van der Waals surface area contributed by atoms with Gasteiger partial charge in [0.05, 0.1) is 0 Å². The molecule has 0 aliphatic rings. The number of hydrogen-bond donors (Lipinski definition) is 1. The summed E-state index contributed by atoms with van der Waals surface area (Å²) in [6.07, 6.45) is 2.15. The van der Waals surface area contributed by atoms with Crippen LogP contribution in [-0.4, -0.2) is 34.2 Å². The average Bonchev–Trinajstić information content (AvgIpc) is 2.68. The second-order valence-corrected chi connectivity index (χ2v) is 5.88. The number of carbonyl (C=O) groups is 1. The topological polar surface area (TPSA) is 86.1 Å². The van der Waals surface area contributed by atoms with Crippen LogP contribution in [-0.2, 0) is 17.8 Å². The lowest BCUT2D eigenvalue weighted by Crippen LogP contribution is -2.35. The highest BCUT2D eigenvalue weighted by Crippen LogP contribution is 2.09. The number of pyridine rings is 1. The van der Waals surface area contributed by atoms with Gasteiger partial charge in [-0.05, 0) is 24.6 Å². The number of nitrogens with zero attached hydrogens (tertiary/aromatic N) is 3. The first-order chi connectivity index (χ1) is 13.1. The van der Waals surface area contributed by atoms with E-state index >= 15 is 0 Å². The molecular formula is C19H19FN4O3. The SMILES string of the molecule is COCCCn1c(=O)c(C(=O)NCc2ccccc2F)nc2cccnc21. The van der Waals surface area contributed by atoms with Crippen LogP contribution in [0.15, 0.2) is 47.4 Å². The molecule has 0 atom stereocenters. The molecule has 27 heavy (non-hydrogen) atoms. The third-order valence-electron chi connectivity index (χ3n) is 4.04. The van der Waals surface area contributed by atoms with E-state index in [9.17, 15) is 14.0 Å². The molecule has 3 rings (SSSR count). The van der Waals surface area contributed by atoms with E-state index in [0.717, 1.165) is 0 Å². The molecule has 1 N–H and O–H groups in total. The first-order valence-electron chi connectivity index (χ1n) is 8.48. The molecule has 140 valence electrons. The number of halogens is 1. The largest absolute Gasteiger partial charge is 0.385 e. The van der Waals surface area contributed by atoms with Crippen molar-refractivity contribution in [2.24, 2.45) is 0 Å². The summed E-state index contributed by atoms with van der Waals surface area (Å²) in [5.41, 5.74) is 0.385. The molecular weight excluding hydrogens is 351 g/mol. The van der Waals surface area contributed by atoms with Gasteiger partial charge in [0.25, 0.3) is 11.5 Å². The van der Waals surface area contributed by atoms with Gasteiger partial charge in [0.2, 0.25) is 0 Å². The number of hydrogen-bond acceptors (Lipinski definition) is 5. The number of rotatable bonds is 7. The van der Waals surface area contributed by atoms with Crippen LogP contribution in [0.2, 0.25) is 0 Å². The minimum absolute atomic E-state index is 0.0403. The first kappa shape index (κ1) is 18.7. The maximum Gasteiger partial charge on any atom is 0.283 e. The third-order valence-corrected chi connectivity index (χ3v) is 4.04. The summed E-state index contributed by atoms with van der Waals surface area (Å²) in [5.74, 6) is -1.08. The molecule has 1 amide bonds. The monoisotopic (exact) mass is 370 g/mol. The first-order valence-corrected chi connectivity index (χ1v) is 8.48. The highest BCUT2D eigenvalue weighted by atomic mass is 19.1. The van der Waals surface area contributed by atoms with Gasteiger partial charge in [-0.2, -0.15) is 0 Å². The minimum Gasteiger partial charge on any atom is -0.385 e. The van der Waals surface area contributed by atoms with Crippen LogP contribution in [0.25, 0.3) is 11.2 Å². The zero-order valence-electron chi connectivity index (χ0n) is 14.8.